The van der Waals surface area contributed by atoms with Crippen molar-refractivity contribution in [1.82, 2.24) is 15.5 Å². The molecular weight excluding hydrogens is 484 g/mol. The van der Waals surface area contributed by atoms with Gasteiger partial charge in [-0.15, -0.1) is 24.0 Å². The molecule has 1 amide bonds. The van der Waals surface area contributed by atoms with Crippen molar-refractivity contribution in [1.29, 1.82) is 0 Å². The van der Waals surface area contributed by atoms with E-state index in [4.69, 9.17) is 0 Å². The number of aliphatic imine (C=N–C) groups is 1. The van der Waals surface area contributed by atoms with Gasteiger partial charge in [-0.3, -0.25) is 4.79 Å². The number of amides is 1. The Balaban J connectivity index is 0.00000280. The summed E-state index contributed by atoms with van der Waals surface area (Å²) in [6.45, 7) is 0.0427. The Labute approximate surface area is 182 Å². The van der Waals surface area contributed by atoms with Gasteiger partial charge in [0.2, 0.25) is 5.91 Å². The van der Waals surface area contributed by atoms with Crippen LogP contribution in [0.25, 0.3) is 0 Å². The lowest BCUT2D eigenvalue weighted by atomic mass is 9.85. The van der Waals surface area contributed by atoms with Gasteiger partial charge in [0, 0.05) is 26.2 Å². The fourth-order valence-electron chi connectivity index (χ4n) is 4.78. The van der Waals surface area contributed by atoms with Crippen LogP contribution in [-0.2, 0) is 4.79 Å². The zero-order chi connectivity index (χ0) is 19.6. The van der Waals surface area contributed by atoms with E-state index in [9.17, 15) is 18.0 Å². The van der Waals surface area contributed by atoms with E-state index in [1.165, 1.54) is 24.2 Å². The van der Waals surface area contributed by atoms with Gasteiger partial charge >= 0.3 is 6.18 Å². The summed E-state index contributed by atoms with van der Waals surface area (Å²) in [5.41, 5.74) is 0. The number of carbonyl (C=O) groups excluding carboxylic acids is 1. The molecule has 28 heavy (non-hydrogen) atoms. The molecule has 0 heterocycles. The molecule has 3 rings (SSSR count). The van der Waals surface area contributed by atoms with Gasteiger partial charge in [0.15, 0.2) is 5.96 Å². The minimum Gasteiger partial charge on any atom is -0.354 e. The van der Waals surface area contributed by atoms with E-state index < -0.39 is 12.1 Å². The SMILES string of the molecule is CN(C)C(=O)CN=C(NC1CCC(C(F)(F)F)CC1)NC1CC2CCC1C2.I. The molecular formula is C19H32F3IN4O. The fraction of sp³-hybridized carbons (Fsp3) is 0.895. The molecule has 0 aliphatic heterocycles. The van der Waals surface area contributed by atoms with E-state index in [1.54, 1.807) is 14.1 Å². The Morgan fingerprint density at radius 1 is 1.04 bits per heavy atom. The summed E-state index contributed by atoms with van der Waals surface area (Å²) in [6, 6.07) is 0.332. The van der Waals surface area contributed by atoms with E-state index in [0.29, 0.717) is 30.8 Å². The predicted octanol–water partition coefficient (Wildman–Crippen LogP) is 3.54. The van der Waals surface area contributed by atoms with Gasteiger partial charge in [0.25, 0.3) is 0 Å². The second kappa shape index (κ2) is 9.84. The quantitative estimate of drug-likeness (QED) is 0.342. The van der Waals surface area contributed by atoms with Gasteiger partial charge in [-0.1, -0.05) is 6.42 Å². The number of carbonyl (C=O) groups is 1. The van der Waals surface area contributed by atoms with Gasteiger partial charge < -0.3 is 15.5 Å². The third kappa shape index (κ3) is 6.13. The molecule has 0 aromatic carbocycles. The number of hydrogen-bond acceptors (Lipinski definition) is 2. The lowest BCUT2D eigenvalue weighted by Gasteiger charge is -2.32. The normalized spacial score (nSPS) is 32.6. The summed E-state index contributed by atoms with van der Waals surface area (Å²) >= 11 is 0. The maximum absolute atomic E-state index is 12.9. The van der Waals surface area contributed by atoms with Crippen LogP contribution in [0.1, 0.15) is 51.4 Å². The van der Waals surface area contributed by atoms with Gasteiger partial charge in [0.05, 0.1) is 5.92 Å². The van der Waals surface area contributed by atoms with Crippen molar-refractivity contribution >= 4 is 35.8 Å². The van der Waals surface area contributed by atoms with Crippen LogP contribution in [0.5, 0.6) is 0 Å². The van der Waals surface area contributed by atoms with Crippen LogP contribution in [0.2, 0.25) is 0 Å². The summed E-state index contributed by atoms with van der Waals surface area (Å²) in [6.07, 6.45) is 2.05. The van der Waals surface area contributed by atoms with Crippen molar-refractivity contribution in [3.8, 4) is 0 Å². The van der Waals surface area contributed by atoms with E-state index >= 15 is 0 Å². The van der Waals surface area contributed by atoms with Gasteiger partial charge in [-0.05, 0) is 56.8 Å². The van der Waals surface area contributed by atoms with Crippen LogP contribution >= 0.6 is 24.0 Å². The number of rotatable bonds is 4. The standard InChI is InChI=1S/C19H31F3N4O.HI/c1-26(2)17(27)11-23-18(25-16-10-12-3-4-13(16)9-12)24-15-7-5-14(6-8-15)19(20,21)22;/h12-16H,3-11H2,1-2H3,(H2,23,24,25);1H. The molecule has 0 spiro atoms. The van der Waals surface area contributed by atoms with Crippen molar-refractivity contribution < 1.29 is 18.0 Å². The largest absolute Gasteiger partial charge is 0.391 e. The monoisotopic (exact) mass is 516 g/mol. The lowest BCUT2D eigenvalue weighted by Crippen LogP contribution is -2.50. The minimum atomic E-state index is -4.10. The summed E-state index contributed by atoms with van der Waals surface area (Å²) in [5, 5.41) is 6.79. The first kappa shape index (κ1) is 23.5. The Bertz CT molecular complexity index is 562. The molecule has 2 N–H and O–H groups in total. The van der Waals surface area contributed by atoms with Gasteiger partial charge in [0.1, 0.15) is 6.54 Å². The molecule has 0 radical (unpaired) electrons. The smallest absolute Gasteiger partial charge is 0.354 e. The first-order valence-electron chi connectivity index (χ1n) is 10.1. The second-order valence-electron chi connectivity index (χ2n) is 8.61. The maximum Gasteiger partial charge on any atom is 0.391 e. The van der Waals surface area contributed by atoms with Gasteiger partial charge in [-0.25, -0.2) is 4.99 Å². The minimum absolute atomic E-state index is 0. The second-order valence-corrected chi connectivity index (χ2v) is 8.61. The third-order valence-electron chi connectivity index (χ3n) is 6.46. The summed E-state index contributed by atoms with van der Waals surface area (Å²) in [7, 11) is 3.37. The highest BCUT2D eigenvalue weighted by molar-refractivity contribution is 14.0. The number of alkyl halides is 3. The van der Waals surface area contributed by atoms with Crippen molar-refractivity contribution in [2.75, 3.05) is 20.6 Å². The molecule has 3 aliphatic rings. The Kier molecular flexibility index (Phi) is 8.27. The van der Waals surface area contributed by atoms with E-state index in [1.807, 2.05) is 0 Å². The molecule has 2 bridgehead atoms. The van der Waals surface area contributed by atoms with Crippen molar-refractivity contribution in [2.45, 2.75) is 69.6 Å². The van der Waals surface area contributed by atoms with E-state index in [2.05, 4.69) is 15.6 Å². The van der Waals surface area contributed by atoms with Crippen molar-refractivity contribution in [2.24, 2.45) is 22.7 Å². The average Bonchev–Trinajstić information content (AvgIpc) is 3.22. The van der Waals surface area contributed by atoms with Crippen LogP contribution in [-0.4, -0.2) is 55.7 Å². The highest BCUT2D eigenvalue weighted by atomic mass is 127. The topological polar surface area (TPSA) is 56.7 Å². The van der Waals surface area contributed by atoms with Crippen LogP contribution in [0.15, 0.2) is 4.99 Å². The van der Waals surface area contributed by atoms with E-state index in [-0.39, 0.29) is 55.3 Å². The molecule has 0 aromatic rings. The molecule has 3 fully saturated rings. The molecule has 3 saturated carbocycles. The number of fused-ring (bicyclic) bond motifs is 2. The third-order valence-corrected chi connectivity index (χ3v) is 6.46. The number of halogens is 4. The summed E-state index contributed by atoms with van der Waals surface area (Å²) < 4.78 is 38.6. The van der Waals surface area contributed by atoms with Gasteiger partial charge in [-0.2, -0.15) is 13.2 Å². The molecule has 5 nitrogen and oxygen atoms in total. The number of nitrogens with zero attached hydrogens (tertiary/aromatic N) is 2. The Hall–Kier alpha value is -0.740. The molecule has 3 atom stereocenters. The van der Waals surface area contributed by atoms with Crippen LogP contribution in [0.4, 0.5) is 13.2 Å². The zero-order valence-corrected chi connectivity index (χ0v) is 18.9. The first-order valence-corrected chi connectivity index (χ1v) is 10.1. The summed E-state index contributed by atoms with van der Waals surface area (Å²) in [5.74, 6) is 0.722. The van der Waals surface area contributed by atoms with Crippen LogP contribution in [0.3, 0.4) is 0 Å². The van der Waals surface area contributed by atoms with Crippen LogP contribution < -0.4 is 10.6 Å². The van der Waals surface area contributed by atoms with Crippen molar-refractivity contribution in [3.63, 3.8) is 0 Å². The Morgan fingerprint density at radius 3 is 2.21 bits per heavy atom. The maximum atomic E-state index is 12.9. The highest BCUT2D eigenvalue weighted by Gasteiger charge is 2.42. The molecule has 3 aliphatic carbocycles. The number of hydrogen-bond donors (Lipinski definition) is 2. The Morgan fingerprint density at radius 2 is 1.71 bits per heavy atom. The highest BCUT2D eigenvalue weighted by Crippen LogP contribution is 2.44. The predicted molar refractivity (Wildman–Crippen MR) is 114 cm³/mol. The molecule has 9 heteroatoms. The summed E-state index contributed by atoms with van der Waals surface area (Å²) in [4.78, 5) is 17.8. The fourth-order valence-corrected chi connectivity index (χ4v) is 4.78. The molecule has 0 saturated heterocycles. The molecule has 3 unspecified atom stereocenters. The molecule has 162 valence electrons. The number of likely N-dealkylation sites (N-methyl/N-ethyl adjacent to an activating group) is 1. The lowest BCUT2D eigenvalue weighted by molar-refractivity contribution is -0.182. The number of guanidine groups is 1. The van der Waals surface area contributed by atoms with Crippen LogP contribution in [0, 0.1) is 17.8 Å². The molecule has 0 aromatic heterocycles. The number of nitrogens with one attached hydrogen (secondary N) is 2. The zero-order valence-electron chi connectivity index (χ0n) is 16.6. The van der Waals surface area contributed by atoms with Crippen molar-refractivity contribution in [3.05, 3.63) is 0 Å². The average molecular weight is 516 g/mol. The first-order chi connectivity index (χ1) is 12.7. The van der Waals surface area contributed by atoms with E-state index in [0.717, 1.165) is 12.3 Å².